The molecule has 4 rings (SSSR count). The highest BCUT2D eigenvalue weighted by molar-refractivity contribution is 9.10. The molecule has 0 aromatic heterocycles. The second kappa shape index (κ2) is 8.37. The zero-order chi connectivity index (χ0) is 20.4. The predicted octanol–water partition coefficient (Wildman–Crippen LogP) is 2.71. The molecule has 29 heavy (non-hydrogen) atoms. The maximum absolute atomic E-state index is 12.6. The van der Waals surface area contributed by atoms with Crippen molar-refractivity contribution in [3.05, 3.63) is 69.7 Å². The van der Waals surface area contributed by atoms with Gasteiger partial charge in [-0.25, -0.2) is 0 Å². The fraction of sp³-hybridized carbons (Fsp3) is 0.318. The van der Waals surface area contributed by atoms with Gasteiger partial charge in [0.25, 0.3) is 5.91 Å². The lowest BCUT2D eigenvalue weighted by Crippen LogP contribution is -2.56. The van der Waals surface area contributed by atoms with Crippen LogP contribution in [0.5, 0.6) is 0 Å². The Balaban J connectivity index is 1.36. The first-order valence-electron chi connectivity index (χ1n) is 9.72. The number of piperazine rings is 1. The van der Waals surface area contributed by atoms with Gasteiger partial charge in [-0.05, 0) is 42.2 Å². The number of nitrogens with zero attached hydrogens (tertiary/aromatic N) is 2. The summed E-state index contributed by atoms with van der Waals surface area (Å²) in [5, 5.41) is 2.91. The predicted molar refractivity (Wildman–Crippen MR) is 112 cm³/mol. The summed E-state index contributed by atoms with van der Waals surface area (Å²) in [7, 11) is 0. The summed E-state index contributed by atoms with van der Waals surface area (Å²) >= 11 is 3.47. The Morgan fingerprint density at radius 3 is 2.62 bits per heavy atom. The number of benzene rings is 2. The Morgan fingerprint density at radius 1 is 1.10 bits per heavy atom. The van der Waals surface area contributed by atoms with Crippen molar-refractivity contribution in [2.45, 2.75) is 32.0 Å². The fourth-order valence-corrected chi connectivity index (χ4v) is 4.32. The number of carbonyl (C=O) groups is 3. The van der Waals surface area contributed by atoms with Crippen LogP contribution in [-0.4, -0.2) is 46.7 Å². The third kappa shape index (κ3) is 4.19. The van der Waals surface area contributed by atoms with Crippen LogP contribution >= 0.6 is 15.9 Å². The Bertz CT molecular complexity index is 945. The number of carbonyl (C=O) groups excluding carboxylic acids is 3. The van der Waals surface area contributed by atoms with Gasteiger partial charge in [0, 0.05) is 29.7 Å². The maximum atomic E-state index is 12.6. The molecule has 2 fully saturated rings. The largest absolute Gasteiger partial charge is 0.348 e. The number of fused-ring (bicyclic) bond motifs is 1. The summed E-state index contributed by atoms with van der Waals surface area (Å²) in [4.78, 5) is 40.6. The van der Waals surface area contributed by atoms with Gasteiger partial charge in [-0.2, -0.15) is 0 Å². The van der Waals surface area contributed by atoms with Gasteiger partial charge in [0.15, 0.2) is 0 Å². The second-order valence-electron chi connectivity index (χ2n) is 7.41. The molecule has 2 heterocycles. The Morgan fingerprint density at radius 2 is 1.86 bits per heavy atom. The summed E-state index contributed by atoms with van der Waals surface area (Å²) in [6.45, 7) is 1.63. The molecule has 2 aromatic carbocycles. The molecule has 150 valence electrons. The average Bonchev–Trinajstić information content (AvgIpc) is 3.22. The molecule has 0 aliphatic carbocycles. The van der Waals surface area contributed by atoms with Crippen LogP contribution < -0.4 is 5.32 Å². The van der Waals surface area contributed by atoms with Gasteiger partial charge in [-0.15, -0.1) is 0 Å². The minimum Gasteiger partial charge on any atom is -0.348 e. The van der Waals surface area contributed by atoms with Crippen molar-refractivity contribution in [3.8, 4) is 0 Å². The first-order valence-corrected chi connectivity index (χ1v) is 10.5. The van der Waals surface area contributed by atoms with Crippen LogP contribution in [0.4, 0.5) is 0 Å². The van der Waals surface area contributed by atoms with Crippen LogP contribution in [0.1, 0.15) is 34.3 Å². The molecular weight excluding hydrogens is 434 g/mol. The molecule has 2 saturated heterocycles. The van der Waals surface area contributed by atoms with E-state index in [2.05, 4.69) is 21.2 Å². The maximum Gasteiger partial charge on any atom is 0.251 e. The zero-order valence-corrected chi connectivity index (χ0v) is 17.5. The van der Waals surface area contributed by atoms with Crippen molar-refractivity contribution in [2.75, 3.05) is 13.1 Å². The summed E-state index contributed by atoms with van der Waals surface area (Å²) in [6, 6.07) is 14.6. The van der Waals surface area contributed by atoms with Gasteiger partial charge in [-0.3, -0.25) is 14.4 Å². The molecule has 0 radical (unpaired) electrons. The van der Waals surface area contributed by atoms with Gasteiger partial charge in [-0.1, -0.05) is 46.3 Å². The molecule has 2 aromatic rings. The molecule has 1 N–H and O–H groups in total. The quantitative estimate of drug-likeness (QED) is 0.753. The van der Waals surface area contributed by atoms with Crippen molar-refractivity contribution in [3.63, 3.8) is 0 Å². The van der Waals surface area contributed by atoms with Crippen molar-refractivity contribution in [2.24, 2.45) is 0 Å². The van der Waals surface area contributed by atoms with E-state index < -0.39 is 0 Å². The standard InChI is InChI=1S/C22H22BrN3O3/c23-18-5-2-1-4-17(18)12-24-21(28)16-9-7-15(8-10-16)13-25-14-20(27)26-11-3-6-19(26)22(25)29/h1-2,4-5,7-10,19H,3,6,11-14H2,(H,24,28). The number of hydrogen-bond donors (Lipinski definition) is 1. The lowest BCUT2D eigenvalue weighted by molar-refractivity contribution is -0.154. The third-order valence-corrected chi connectivity index (χ3v) is 6.26. The highest BCUT2D eigenvalue weighted by Crippen LogP contribution is 2.24. The molecular formula is C22H22BrN3O3. The molecule has 7 heteroatoms. The lowest BCUT2D eigenvalue weighted by atomic mass is 10.1. The average molecular weight is 456 g/mol. The van der Waals surface area contributed by atoms with E-state index in [1.54, 1.807) is 21.9 Å². The number of hydrogen-bond acceptors (Lipinski definition) is 3. The van der Waals surface area contributed by atoms with Crippen molar-refractivity contribution in [1.82, 2.24) is 15.1 Å². The van der Waals surface area contributed by atoms with E-state index in [-0.39, 0.29) is 30.3 Å². The summed E-state index contributed by atoms with van der Waals surface area (Å²) < 4.78 is 0.956. The van der Waals surface area contributed by atoms with Crippen LogP contribution in [-0.2, 0) is 22.7 Å². The summed E-state index contributed by atoms with van der Waals surface area (Å²) in [6.07, 6.45) is 1.64. The Hall–Kier alpha value is -2.67. The van der Waals surface area contributed by atoms with E-state index in [0.717, 1.165) is 28.4 Å². The van der Waals surface area contributed by atoms with Crippen LogP contribution in [0.25, 0.3) is 0 Å². The minimum atomic E-state index is -0.293. The van der Waals surface area contributed by atoms with Gasteiger partial charge < -0.3 is 15.1 Å². The minimum absolute atomic E-state index is 0.0233. The monoisotopic (exact) mass is 455 g/mol. The molecule has 2 aliphatic rings. The van der Waals surface area contributed by atoms with E-state index in [9.17, 15) is 14.4 Å². The van der Waals surface area contributed by atoms with E-state index in [1.165, 1.54) is 0 Å². The van der Waals surface area contributed by atoms with Crippen LogP contribution in [0.2, 0.25) is 0 Å². The van der Waals surface area contributed by atoms with E-state index in [1.807, 2.05) is 36.4 Å². The van der Waals surface area contributed by atoms with Gasteiger partial charge >= 0.3 is 0 Å². The topological polar surface area (TPSA) is 69.7 Å². The number of amides is 3. The van der Waals surface area contributed by atoms with Crippen molar-refractivity contribution < 1.29 is 14.4 Å². The number of rotatable bonds is 5. The van der Waals surface area contributed by atoms with Crippen LogP contribution in [0, 0.1) is 0 Å². The number of halogens is 1. The van der Waals surface area contributed by atoms with Crippen LogP contribution in [0.3, 0.4) is 0 Å². The smallest absolute Gasteiger partial charge is 0.251 e. The van der Waals surface area contributed by atoms with Crippen molar-refractivity contribution in [1.29, 1.82) is 0 Å². The highest BCUT2D eigenvalue weighted by Gasteiger charge is 2.41. The molecule has 1 atom stereocenters. The van der Waals surface area contributed by atoms with E-state index >= 15 is 0 Å². The first-order chi connectivity index (χ1) is 14.0. The Kier molecular flexibility index (Phi) is 5.67. The highest BCUT2D eigenvalue weighted by atomic mass is 79.9. The normalized spacial score (nSPS) is 18.7. The van der Waals surface area contributed by atoms with Crippen LogP contribution in [0.15, 0.2) is 53.0 Å². The molecule has 6 nitrogen and oxygen atoms in total. The SMILES string of the molecule is O=C(NCc1ccccc1Br)c1ccc(CN2CC(=O)N3CCCC3C2=O)cc1. The van der Waals surface area contributed by atoms with Gasteiger partial charge in [0.05, 0.1) is 0 Å². The van der Waals surface area contributed by atoms with E-state index in [0.29, 0.717) is 25.2 Å². The molecule has 0 spiro atoms. The fourth-order valence-electron chi connectivity index (χ4n) is 3.90. The molecule has 1 unspecified atom stereocenters. The molecule has 2 aliphatic heterocycles. The zero-order valence-electron chi connectivity index (χ0n) is 15.9. The van der Waals surface area contributed by atoms with Gasteiger partial charge in [0.2, 0.25) is 11.8 Å². The van der Waals surface area contributed by atoms with E-state index in [4.69, 9.17) is 0 Å². The van der Waals surface area contributed by atoms with Crippen molar-refractivity contribution >= 4 is 33.7 Å². The second-order valence-corrected chi connectivity index (χ2v) is 8.26. The summed E-state index contributed by atoms with van der Waals surface area (Å²) in [5.74, 6) is -0.106. The lowest BCUT2D eigenvalue weighted by Gasteiger charge is -2.36. The first kappa shape index (κ1) is 19.6. The molecule has 0 bridgehead atoms. The molecule has 3 amide bonds. The van der Waals surface area contributed by atoms with Gasteiger partial charge in [0.1, 0.15) is 12.6 Å². The molecule has 0 saturated carbocycles. The third-order valence-electron chi connectivity index (χ3n) is 5.48. The Labute approximate surface area is 178 Å². The number of nitrogens with one attached hydrogen (secondary N) is 1. The summed E-state index contributed by atoms with van der Waals surface area (Å²) in [5.41, 5.74) is 2.47.